The Balaban J connectivity index is 2.08. The van der Waals surface area contributed by atoms with Crippen molar-refractivity contribution in [3.05, 3.63) is 70.7 Å². The molecule has 0 aliphatic rings. The van der Waals surface area contributed by atoms with Gasteiger partial charge in [-0.25, -0.2) is 4.98 Å². The molecular formula is C23H24N2O5. The molecule has 0 spiro atoms. The summed E-state index contributed by atoms with van der Waals surface area (Å²) in [6.45, 7) is 5.83. The Bertz CT molecular complexity index is 1060. The third kappa shape index (κ3) is 4.74. The van der Waals surface area contributed by atoms with Crippen LogP contribution in [0.4, 0.5) is 0 Å². The lowest BCUT2D eigenvalue weighted by Crippen LogP contribution is -2.38. The second-order valence-electron chi connectivity index (χ2n) is 7.24. The van der Waals surface area contributed by atoms with Gasteiger partial charge in [0.05, 0.1) is 12.7 Å². The number of fused-ring (bicyclic) bond motifs is 1. The molecule has 7 heteroatoms. The standard InChI is InChI=1S/C23H24N2O5/c1-4-29-17-10-11-18-20(13-17)25(28)22(23(27)16-8-6-5-7-9-16)19(24-18)14-30-21(26)12-15(2)3/h5-11,13,15H,4,12,14H2,1-3H3. The van der Waals surface area contributed by atoms with Crippen LogP contribution in [0.2, 0.25) is 0 Å². The number of esters is 1. The van der Waals surface area contributed by atoms with E-state index in [2.05, 4.69) is 4.98 Å². The molecule has 0 unspecified atom stereocenters. The van der Waals surface area contributed by atoms with Crippen molar-refractivity contribution in [1.29, 1.82) is 0 Å². The number of ether oxygens (including phenoxy) is 2. The highest BCUT2D eigenvalue weighted by Gasteiger charge is 2.28. The van der Waals surface area contributed by atoms with Crippen LogP contribution in [0.15, 0.2) is 48.5 Å². The lowest BCUT2D eigenvalue weighted by atomic mass is 10.1. The summed E-state index contributed by atoms with van der Waals surface area (Å²) < 4.78 is 11.3. The third-order valence-corrected chi connectivity index (χ3v) is 4.40. The first-order valence-corrected chi connectivity index (χ1v) is 9.85. The Morgan fingerprint density at radius 1 is 1.13 bits per heavy atom. The number of benzene rings is 2. The van der Waals surface area contributed by atoms with Crippen LogP contribution in [0.3, 0.4) is 0 Å². The molecule has 3 aromatic rings. The van der Waals surface area contributed by atoms with Gasteiger partial charge in [-0.05, 0) is 25.0 Å². The van der Waals surface area contributed by atoms with E-state index in [0.29, 0.717) is 28.2 Å². The van der Waals surface area contributed by atoms with Gasteiger partial charge in [-0.1, -0.05) is 44.2 Å². The van der Waals surface area contributed by atoms with Crippen molar-refractivity contribution in [1.82, 2.24) is 4.98 Å². The van der Waals surface area contributed by atoms with Gasteiger partial charge < -0.3 is 14.7 Å². The van der Waals surface area contributed by atoms with Gasteiger partial charge in [0.1, 0.15) is 17.9 Å². The van der Waals surface area contributed by atoms with Crippen LogP contribution >= 0.6 is 0 Å². The maximum Gasteiger partial charge on any atom is 0.306 e. The molecule has 0 radical (unpaired) electrons. The summed E-state index contributed by atoms with van der Waals surface area (Å²) in [5, 5.41) is 13.2. The first-order valence-electron chi connectivity index (χ1n) is 9.85. The summed E-state index contributed by atoms with van der Waals surface area (Å²) in [5.41, 5.74) is 0.886. The van der Waals surface area contributed by atoms with Crippen LogP contribution < -0.4 is 9.47 Å². The fourth-order valence-electron chi connectivity index (χ4n) is 3.04. The molecule has 1 heterocycles. The maximum atomic E-state index is 13.2. The van der Waals surface area contributed by atoms with Gasteiger partial charge in [-0.2, -0.15) is 4.73 Å². The molecule has 0 N–H and O–H groups in total. The average molecular weight is 408 g/mol. The Hall–Kier alpha value is -3.48. The number of carbonyl (C=O) groups excluding carboxylic acids is 2. The number of nitrogens with zero attached hydrogens (tertiary/aromatic N) is 2. The number of aromatic nitrogens is 2. The van der Waals surface area contributed by atoms with Gasteiger partial charge in [-0.15, -0.1) is 0 Å². The zero-order chi connectivity index (χ0) is 21.7. The molecule has 3 rings (SSSR count). The monoisotopic (exact) mass is 408 g/mol. The first-order chi connectivity index (χ1) is 14.4. The fraction of sp³-hybridized carbons (Fsp3) is 0.304. The van der Waals surface area contributed by atoms with Gasteiger partial charge in [0.25, 0.3) is 11.5 Å². The molecule has 0 aliphatic carbocycles. The number of hydrogen-bond acceptors (Lipinski definition) is 6. The normalized spacial score (nSPS) is 10.9. The van der Waals surface area contributed by atoms with Crippen molar-refractivity contribution in [3.8, 4) is 5.75 Å². The van der Waals surface area contributed by atoms with Gasteiger partial charge in [0.15, 0.2) is 5.69 Å². The molecule has 0 saturated heterocycles. The average Bonchev–Trinajstić information content (AvgIpc) is 2.73. The van der Waals surface area contributed by atoms with Crippen molar-refractivity contribution in [2.24, 2.45) is 5.92 Å². The summed E-state index contributed by atoms with van der Waals surface area (Å²) in [6.07, 6.45) is 0.241. The predicted molar refractivity (Wildman–Crippen MR) is 111 cm³/mol. The highest BCUT2D eigenvalue weighted by molar-refractivity contribution is 6.07. The summed E-state index contributed by atoms with van der Waals surface area (Å²) in [7, 11) is 0. The molecule has 0 bridgehead atoms. The van der Waals surface area contributed by atoms with Crippen LogP contribution in [0.25, 0.3) is 11.0 Å². The van der Waals surface area contributed by atoms with E-state index in [1.807, 2.05) is 20.8 Å². The molecule has 30 heavy (non-hydrogen) atoms. The minimum atomic E-state index is -0.489. The topological polar surface area (TPSA) is 92.4 Å². The summed E-state index contributed by atoms with van der Waals surface area (Å²) in [4.78, 5) is 29.6. The Kier molecular flexibility index (Phi) is 6.61. The summed E-state index contributed by atoms with van der Waals surface area (Å²) in [5.74, 6) is -0.259. The van der Waals surface area contributed by atoms with E-state index in [1.165, 1.54) is 0 Å². The Labute approximate surface area is 174 Å². The second-order valence-corrected chi connectivity index (χ2v) is 7.24. The van der Waals surface area contributed by atoms with E-state index in [-0.39, 0.29) is 35.9 Å². The molecular weight excluding hydrogens is 384 g/mol. The fourth-order valence-corrected chi connectivity index (χ4v) is 3.04. The third-order valence-electron chi connectivity index (χ3n) is 4.40. The van der Waals surface area contributed by atoms with E-state index in [4.69, 9.17) is 9.47 Å². The summed E-state index contributed by atoms with van der Waals surface area (Å²) >= 11 is 0. The zero-order valence-corrected chi connectivity index (χ0v) is 17.3. The van der Waals surface area contributed by atoms with E-state index in [1.54, 1.807) is 48.5 Å². The highest BCUT2D eigenvalue weighted by Crippen LogP contribution is 2.21. The molecule has 0 saturated carbocycles. The smallest absolute Gasteiger partial charge is 0.306 e. The predicted octanol–water partition coefficient (Wildman–Crippen LogP) is 3.59. The van der Waals surface area contributed by atoms with Crippen molar-refractivity contribution in [3.63, 3.8) is 0 Å². The molecule has 156 valence electrons. The number of rotatable bonds is 8. The minimum Gasteiger partial charge on any atom is -0.618 e. The SMILES string of the molecule is CCOc1ccc2nc(COC(=O)CC(C)C)c(C(=O)c3ccccc3)[n+]([O-])c2c1. The van der Waals surface area contributed by atoms with E-state index < -0.39 is 11.8 Å². The maximum absolute atomic E-state index is 13.2. The van der Waals surface area contributed by atoms with Crippen LogP contribution in [0, 0.1) is 11.1 Å². The molecule has 0 aliphatic heterocycles. The van der Waals surface area contributed by atoms with Crippen molar-refractivity contribution in [2.75, 3.05) is 6.61 Å². The Morgan fingerprint density at radius 3 is 2.53 bits per heavy atom. The first kappa shape index (κ1) is 21.2. The minimum absolute atomic E-state index is 0.118. The lowest BCUT2D eigenvalue weighted by molar-refractivity contribution is -0.580. The van der Waals surface area contributed by atoms with Crippen molar-refractivity contribution < 1.29 is 23.8 Å². The molecule has 2 aromatic carbocycles. The van der Waals surface area contributed by atoms with Crippen molar-refractivity contribution >= 4 is 22.8 Å². The van der Waals surface area contributed by atoms with Gasteiger partial charge in [0.2, 0.25) is 5.52 Å². The van der Waals surface area contributed by atoms with Crippen LogP contribution in [-0.4, -0.2) is 23.3 Å². The molecule has 1 aromatic heterocycles. The lowest BCUT2D eigenvalue weighted by Gasteiger charge is -2.13. The van der Waals surface area contributed by atoms with Crippen LogP contribution in [0.1, 0.15) is 48.9 Å². The van der Waals surface area contributed by atoms with E-state index in [0.717, 1.165) is 0 Å². The second kappa shape index (κ2) is 9.35. The highest BCUT2D eigenvalue weighted by atomic mass is 16.5. The van der Waals surface area contributed by atoms with E-state index in [9.17, 15) is 14.8 Å². The zero-order valence-electron chi connectivity index (χ0n) is 17.3. The van der Waals surface area contributed by atoms with Gasteiger partial charge in [-0.3, -0.25) is 9.59 Å². The number of hydrogen-bond donors (Lipinski definition) is 0. The summed E-state index contributed by atoms with van der Waals surface area (Å²) in [6, 6.07) is 13.4. The quantitative estimate of drug-likeness (QED) is 0.245. The molecule has 0 atom stereocenters. The molecule has 0 fully saturated rings. The van der Waals surface area contributed by atoms with Crippen LogP contribution in [0.5, 0.6) is 5.75 Å². The van der Waals surface area contributed by atoms with Gasteiger partial charge in [0, 0.05) is 12.0 Å². The molecule has 7 nitrogen and oxygen atoms in total. The molecule has 0 amide bonds. The van der Waals surface area contributed by atoms with Crippen LogP contribution in [-0.2, 0) is 16.1 Å². The van der Waals surface area contributed by atoms with Crippen molar-refractivity contribution in [2.45, 2.75) is 33.8 Å². The largest absolute Gasteiger partial charge is 0.618 e. The number of carbonyl (C=O) groups is 2. The Morgan fingerprint density at radius 2 is 1.87 bits per heavy atom. The van der Waals surface area contributed by atoms with E-state index >= 15 is 0 Å². The van der Waals surface area contributed by atoms with Gasteiger partial charge >= 0.3 is 5.97 Å². The number of ketones is 1.